The highest BCUT2D eigenvalue weighted by molar-refractivity contribution is 7.99. The summed E-state index contributed by atoms with van der Waals surface area (Å²) >= 11 is 3.02. The van der Waals surface area contributed by atoms with Gasteiger partial charge < -0.3 is 4.90 Å². The molecule has 21 heavy (non-hydrogen) atoms. The van der Waals surface area contributed by atoms with Gasteiger partial charge in [0.15, 0.2) is 5.16 Å². The van der Waals surface area contributed by atoms with Gasteiger partial charge in [0, 0.05) is 30.0 Å². The third-order valence-electron chi connectivity index (χ3n) is 3.41. The number of carbonyl (C=O) groups is 1. The van der Waals surface area contributed by atoms with Crippen LogP contribution in [0.2, 0.25) is 0 Å². The average molecular weight is 320 g/mol. The van der Waals surface area contributed by atoms with Gasteiger partial charge in [-0.2, -0.15) is 0 Å². The number of carbonyl (C=O) groups excluding carboxylic acids is 1. The minimum atomic E-state index is 0.141. The van der Waals surface area contributed by atoms with Crippen LogP contribution in [0.1, 0.15) is 29.6 Å². The van der Waals surface area contributed by atoms with Gasteiger partial charge in [-0.15, -0.1) is 11.3 Å². The Labute approximate surface area is 131 Å². The predicted octanol–water partition coefficient (Wildman–Crippen LogP) is 2.70. The number of rotatable bonds is 4. The van der Waals surface area contributed by atoms with Crippen molar-refractivity contribution in [3.63, 3.8) is 0 Å². The molecule has 7 heteroatoms. The van der Waals surface area contributed by atoms with Crippen molar-refractivity contribution < 1.29 is 4.79 Å². The molecule has 0 bridgehead atoms. The summed E-state index contributed by atoms with van der Waals surface area (Å²) in [5.74, 6) is 0.522. The van der Waals surface area contributed by atoms with E-state index in [0.717, 1.165) is 30.1 Å². The number of nitrogens with zero attached hydrogens (tertiary/aromatic N) is 4. The van der Waals surface area contributed by atoms with Gasteiger partial charge in [0.1, 0.15) is 5.01 Å². The van der Waals surface area contributed by atoms with E-state index in [9.17, 15) is 4.79 Å². The molecule has 1 amide bonds. The highest BCUT2D eigenvalue weighted by Gasteiger charge is 2.31. The number of likely N-dealkylation sites (tertiary alicyclic amines) is 1. The molecular formula is C14H16N4OS2. The lowest BCUT2D eigenvalue weighted by Crippen LogP contribution is -2.31. The Balaban J connectivity index is 1.62. The second kappa shape index (κ2) is 6.53. The fourth-order valence-electron chi connectivity index (χ4n) is 2.43. The second-order valence-corrected chi connectivity index (χ2v) is 6.75. The Morgan fingerprint density at radius 2 is 2.38 bits per heavy atom. The number of thiazole rings is 1. The smallest absolute Gasteiger partial charge is 0.233 e. The van der Waals surface area contributed by atoms with Crippen LogP contribution in [0.5, 0.6) is 0 Å². The van der Waals surface area contributed by atoms with Gasteiger partial charge in [0.05, 0.1) is 11.8 Å². The Morgan fingerprint density at radius 3 is 3.14 bits per heavy atom. The molecule has 0 aliphatic carbocycles. The van der Waals surface area contributed by atoms with E-state index >= 15 is 0 Å². The van der Waals surface area contributed by atoms with Crippen molar-refractivity contribution in [1.29, 1.82) is 0 Å². The molecule has 0 radical (unpaired) electrons. The SMILES string of the molecule is Cc1ccnc(SCC(=O)N2CCC[C@H]2c2nccs2)n1. The minimum Gasteiger partial charge on any atom is -0.332 e. The van der Waals surface area contributed by atoms with Crippen molar-refractivity contribution in [3.05, 3.63) is 34.5 Å². The van der Waals surface area contributed by atoms with Gasteiger partial charge in [0.25, 0.3) is 0 Å². The minimum absolute atomic E-state index is 0.141. The Hall–Kier alpha value is -1.47. The summed E-state index contributed by atoms with van der Waals surface area (Å²) in [4.78, 5) is 27.2. The summed E-state index contributed by atoms with van der Waals surface area (Å²) in [6.45, 7) is 2.74. The number of hydrogen-bond donors (Lipinski definition) is 0. The summed E-state index contributed by atoms with van der Waals surface area (Å²) < 4.78 is 0. The third-order valence-corrected chi connectivity index (χ3v) is 5.13. The first-order valence-electron chi connectivity index (χ1n) is 6.85. The standard InChI is InChI=1S/C14H16N4OS2/c1-10-4-5-16-14(17-10)21-9-12(19)18-7-2-3-11(18)13-15-6-8-20-13/h4-6,8,11H,2-3,7,9H2,1H3/t11-/m0/s1. The molecule has 0 spiro atoms. The number of hydrogen-bond acceptors (Lipinski definition) is 6. The number of thioether (sulfide) groups is 1. The number of amides is 1. The van der Waals surface area contributed by atoms with Gasteiger partial charge in [-0.25, -0.2) is 15.0 Å². The average Bonchev–Trinajstić information content (AvgIpc) is 3.14. The zero-order valence-corrected chi connectivity index (χ0v) is 13.4. The Bertz CT molecular complexity index is 617. The van der Waals surface area contributed by atoms with E-state index in [4.69, 9.17) is 0 Å². The van der Waals surface area contributed by atoms with Crippen molar-refractivity contribution in [3.8, 4) is 0 Å². The van der Waals surface area contributed by atoms with Crippen LogP contribution < -0.4 is 0 Å². The quantitative estimate of drug-likeness (QED) is 0.640. The van der Waals surface area contributed by atoms with Crippen molar-refractivity contribution in [2.45, 2.75) is 31.0 Å². The zero-order chi connectivity index (χ0) is 14.7. The highest BCUT2D eigenvalue weighted by atomic mass is 32.2. The maximum atomic E-state index is 12.4. The maximum Gasteiger partial charge on any atom is 0.233 e. The molecule has 2 aromatic rings. The lowest BCUT2D eigenvalue weighted by molar-refractivity contribution is -0.129. The molecule has 0 N–H and O–H groups in total. The monoisotopic (exact) mass is 320 g/mol. The summed E-state index contributed by atoms with van der Waals surface area (Å²) in [6, 6.07) is 2.00. The van der Waals surface area contributed by atoms with Crippen LogP contribution in [0.3, 0.4) is 0 Å². The van der Waals surface area contributed by atoms with Gasteiger partial charge in [-0.05, 0) is 25.8 Å². The van der Waals surface area contributed by atoms with Crippen LogP contribution in [0.25, 0.3) is 0 Å². The van der Waals surface area contributed by atoms with E-state index in [1.807, 2.05) is 23.3 Å². The molecule has 110 valence electrons. The van der Waals surface area contributed by atoms with Crippen LogP contribution in [0.15, 0.2) is 29.0 Å². The van der Waals surface area contributed by atoms with Gasteiger partial charge >= 0.3 is 0 Å². The molecule has 2 aromatic heterocycles. The van der Waals surface area contributed by atoms with Gasteiger partial charge in [-0.3, -0.25) is 4.79 Å². The molecule has 1 aliphatic heterocycles. The number of aromatic nitrogens is 3. The first-order chi connectivity index (χ1) is 10.2. The molecule has 0 unspecified atom stereocenters. The molecule has 5 nitrogen and oxygen atoms in total. The lowest BCUT2D eigenvalue weighted by atomic mass is 10.2. The van der Waals surface area contributed by atoms with E-state index in [-0.39, 0.29) is 11.9 Å². The summed E-state index contributed by atoms with van der Waals surface area (Å²) in [6.07, 6.45) is 5.58. The van der Waals surface area contributed by atoms with Gasteiger partial charge in [-0.1, -0.05) is 11.8 Å². The van der Waals surface area contributed by atoms with E-state index < -0.39 is 0 Å². The van der Waals surface area contributed by atoms with Crippen molar-refractivity contribution in [1.82, 2.24) is 19.9 Å². The highest BCUT2D eigenvalue weighted by Crippen LogP contribution is 2.33. The molecular weight excluding hydrogens is 304 g/mol. The van der Waals surface area contributed by atoms with E-state index in [1.54, 1.807) is 23.7 Å². The summed E-state index contributed by atoms with van der Waals surface area (Å²) in [5, 5.41) is 3.66. The lowest BCUT2D eigenvalue weighted by Gasteiger charge is -2.22. The van der Waals surface area contributed by atoms with E-state index in [1.165, 1.54) is 11.8 Å². The van der Waals surface area contributed by atoms with Crippen molar-refractivity contribution in [2.24, 2.45) is 0 Å². The molecule has 3 heterocycles. The van der Waals surface area contributed by atoms with Crippen LogP contribution in [0.4, 0.5) is 0 Å². The first kappa shape index (κ1) is 14.5. The molecule has 3 rings (SSSR count). The normalized spacial score (nSPS) is 18.1. The second-order valence-electron chi connectivity index (χ2n) is 4.88. The third kappa shape index (κ3) is 3.41. The first-order valence-corrected chi connectivity index (χ1v) is 8.72. The molecule has 1 fully saturated rings. The van der Waals surface area contributed by atoms with Crippen molar-refractivity contribution in [2.75, 3.05) is 12.3 Å². The summed E-state index contributed by atoms with van der Waals surface area (Å²) in [7, 11) is 0. The largest absolute Gasteiger partial charge is 0.332 e. The molecule has 1 atom stereocenters. The summed E-state index contributed by atoms with van der Waals surface area (Å²) in [5.41, 5.74) is 0.918. The van der Waals surface area contributed by atoms with Crippen LogP contribution in [-0.4, -0.2) is 38.1 Å². The van der Waals surface area contributed by atoms with Crippen LogP contribution in [-0.2, 0) is 4.79 Å². The molecule has 1 saturated heterocycles. The number of aryl methyl sites for hydroxylation is 1. The fraction of sp³-hybridized carbons (Fsp3) is 0.429. The predicted molar refractivity (Wildman–Crippen MR) is 83.3 cm³/mol. The molecule has 0 saturated carbocycles. The topological polar surface area (TPSA) is 59.0 Å². The molecule has 1 aliphatic rings. The molecule has 0 aromatic carbocycles. The van der Waals surface area contributed by atoms with Gasteiger partial charge in [0.2, 0.25) is 5.91 Å². The van der Waals surface area contributed by atoms with E-state index in [2.05, 4.69) is 15.0 Å². The zero-order valence-electron chi connectivity index (χ0n) is 11.7. The van der Waals surface area contributed by atoms with E-state index in [0.29, 0.717) is 10.9 Å². The van der Waals surface area contributed by atoms with Crippen LogP contribution in [0, 0.1) is 6.92 Å². The fourth-order valence-corrected chi connectivity index (χ4v) is 3.97. The maximum absolute atomic E-state index is 12.4. The Kier molecular flexibility index (Phi) is 4.50. The Morgan fingerprint density at radius 1 is 1.48 bits per heavy atom. The van der Waals surface area contributed by atoms with Crippen molar-refractivity contribution >= 4 is 29.0 Å². The van der Waals surface area contributed by atoms with Crippen LogP contribution >= 0.6 is 23.1 Å².